The molecule has 1 atom stereocenters. The molecular formula is C19H18N4O2. The van der Waals surface area contributed by atoms with Gasteiger partial charge in [-0.15, -0.1) is 0 Å². The molecule has 1 N–H and O–H groups in total. The highest BCUT2D eigenvalue weighted by Crippen LogP contribution is 2.36. The van der Waals surface area contributed by atoms with Gasteiger partial charge in [0.15, 0.2) is 0 Å². The number of nitrogens with zero attached hydrogens (tertiary/aromatic N) is 3. The quantitative estimate of drug-likeness (QED) is 0.794. The predicted molar refractivity (Wildman–Crippen MR) is 93.7 cm³/mol. The normalized spacial score (nSPS) is 15.9. The van der Waals surface area contributed by atoms with Crippen LogP contribution >= 0.6 is 0 Å². The third kappa shape index (κ3) is 2.98. The fraction of sp³-hybridized carbons (Fsp3) is 0.211. The van der Waals surface area contributed by atoms with Crippen molar-refractivity contribution in [3.63, 3.8) is 0 Å². The van der Waals surface area contributed by atoms with Crippen molar-refractivity contribution in [3.05, 3.63) is 72.1 Å². The second kappa shape index (κ2) is 6.39. The van der Waals surface area contributed by atoms with Gasteiger partial charge in [0.25, 0.3) is 5.91 Å². The van der Waals surface area contributed by atoms with Crippen molar-refractivity contribution in [2.75, 3.05) is 4.90 Å². The number of fused-ring (bicyclic) bond motifs is 1. The first-order valence-corrected chi connectivity index (χ1v) is 8.22. The summed E-state index contributed by atoms with van der Waals surface area (Å²) in [5, 5.41) is 2.81. The van der Waals surface area contributed by atoms with Crippen LogP contribution in [0.2, 0.25) is 0 Å². The number of carbonyl (C=O) groups excluding carboxylic acids is 1. The third-order valence-corrected chi connectivity index (χ3v) is 4.34. The molecule has 1 unspecified atom stereocenters. The summed E-state index contributed by atoms with van der Waals surface area (Å²) in [5.74, 6) is 1.18. The second-order valence-electron chi connectivity index (χ2n) is 6.08. The van der Waals surface area contributed by atoms with Crippen LogP contribution in [0.25, 0.3) is 0 Å². The Bertz CT molecular complexity index is 892. The number of para-hydroxylation sites is 1. The molecule has 0 bridgehead atoms. The Hall–Kier alpha value is -3.15. The molecule has 2 aromatic heterocycles. The molecule has 1 aliphatic rings. The number of hydrogen-bond donors (Lipinski definition) is 1. The van der Waals surface area contributed by atoms with Gasteiger partial charge in [-0.1, -0.05) is 18.2 Å². The van der Waals surface area contributed by atoms with Gasteiger partial charge in [0.2, 0.25) is 0 Å². The topological polar surface area (TPSA) is 71.3 Å². The van der Waals surface area contributed by atoms with E-state index >= 15 is 0 Å². The van der Waals surface area contributed by atoms with Gasteiger partial charge in [0.05, 0.1) is 12.8 Å². The monoisotopic (exact) mass is 334 g/mol. The van der Waals surface area contributed by atoms with Crippen LogP contribution in [0.15, 0.2) is 59.5 Å². The van der Waals surface area contributed by atoms with Crippen molar-refractivity contribution >= 4 is 17.4 Å². The van der Waals surface area contributed by atoms with E-state index in [2.05, 4.69) is 39.2 Å². The van der Waals surface area contributed by atoms with Gasteiger partial charge in [-0.25, -0.2) is 9.97 Å². The van der Waals surface area contributed by atoms with Crippen molar-refractivity contribution in [1.29, 1.82) is 0 Å². The van der Waals surface area contributed by atoms with Gasteiger partial charge in [0, 0.05) is 17.8 Å². The minimum absolute atomic E-state index is 0.250. The molecule has 3 heterocycles. The Morgan fingerprint density at radius 2 is 2.16 bits per heavy atom. The largest absolute Gasteiger partial charge is 0.467 e. The predicted octanol–water partition coefficient (Wildman–Crippen LogP) is 3.08. The summed E-state index contributed by atoms with van der Waals surface area (Å²) in [6.45, 7) is 2.48. The number of benzene rings is 1. The zero-order valence-corrected chi connectivity index (χ0v) is 13.8. The van der Waals surface area contributed by atoms with Crippen molar-refractivity contribution in [2.24, 2.45) is 0 Å². The second-order valence-corrected chi connectivity index (χ2v) is 6.08. The van der Waals surface area contributed by atoms with E-state index in [-0.39, 0.29) is 11.9 Å². The van der Waals surface area contributed by atoms with Crippen LogP contribution < -0.4 is 10.2 Å². The molecule has 1 aliphatic heterocycles. The maximum atomic E-state index is 12.4. The van der Waals surface area contributed by atoms with Crippen LogP contribution in [0.4, 0.5) is 11.5 Å². The van der Waals surface area contributed by atoms with E-state index in [0.717, 1.165) is 17.9 Å². The first-order valence-electron chi connectivity index (χ1n) is 8.22. The number of nitrogens with one attached hydrogen (secondary N) is 1. The Kier molecular flexibility index (Phi) is 3.93. The Labute approximate surface area is 145 Å². The van der Waals surface area contributed by atoms with Crippen molar-refractivity contribution in [3.8, 4) is 0 Å². The summed E-state index contributed by atoms with van der Waals surface area (Å²) < 4.78 is 5.22. The van der Waals surface area contributed by atoms with E-state index in [1.54, 1.807) is 18.4 Å². The molecule has 6 nitrogen and oxygen atoms in total. The van der Waals surface area contributed by atoms with Crippen LogP contribution in [0.5, 0.6) is 0 Å². The molecule has 0 saturated heterocycles. The highest BCUT2D eigenvalue weighted by molar-refractivity contribution is 5.93. The van der Waals surface area contributed by atoms with Gasteiger partial charge < -0.3 is 14.6 Å². The average molecular weight is 334 g/mol. The zero-order chi connectivity index (χ0) is 17.2. The molecule has 25 heavy (non-hydrogen) atoms. The lowest BCUT2D eigenvalue weighted by Crippen LogP contribution is -2.27. The number of furan rings is 1. The van der Waals surface area contributed by atoms with Crippen molar-refractivity contribution in [1.82, 2.24) is 15.3 Å². The lowest BCUT2D eigenvalue weighted by molar-refractivity contribution is 0.0943. The lowest BCUT2D eigenvalue weighted by Gasteiger charge is -2.23. The standard InChI is InChI=1S/C19H18N4O2/c1-13-9-14-5-2-3-7-17(14)23(13)18-10-16(21-12-22-18)19(24)20-11-15-6-4-8-25-15/h2-8,10,12-13H,9,11H2,1H3,(H,20,24). The summed E-state index contributed by atoms with van der Waals surface area (Å²) in [6.07, 6.45) is 3.97. The van der Waals surface area contributed by atoms with Crippen molar-refractivity contribution in [2.45, 2.75) is 25.9 Å². The molecule has 1 aromatic carbocycles. The number of rotatable bonds is 4. The molecule has 4 rings (SSSR count). The van der Waals surface area contributed by atoms with E-state index in [1.807, 2.05) is 18.2 Å². The summed E-state index contributed by atoms with van der Waals surface area (Å²) in [6, 6.07) is 13.9. The Morgan fingerprint density at radius 3 is 3.00 bits per heavy atom. The first kappa shape index (κ1) is 15.4. The SMILES string of the molecule is CC1Cc2ccccc2N1c1cc(C(=O)NCc2ccco2)ncn1. The van der Waals surface area contributed by atoms with Crippen LogP contribution in [-0.2, 0) is 13.0 Å². The highest BCUT2D eigenvalue weighted by Gasteiger charge is 2.28. The van der Waals surface area contributed by atoms with Gasteiger partial charge in [-0.3, -0.25) is 4.79 Å². The van der Waals surface area contributed by atoms with Gasteiger partial charge in [0.1, 0.15) is 23.6 Å². The number of carbonyl (C=O) groups is 1. The molecular weight excluding hydrogens is 316 g/mol. The molecule has 0 saturated carbocycles. The van der Waals surface area contributed by atoms with E-state index in [4.69, 9.17) is 4.42 Å². The zero-order valence-electron chi connectivity index (χ0n) is 13.8. The van der Waals surface area contributed by atoms with Crippen LogP contribution in [-0.4, -0.2) is 21.9 Å². The van der Waals surface area contributed by atoms with Crippen LogP contribution in [0, 0.1) is 0 Å². The van der Waals surface area contributed by atoms with E-state index in [1.165, 1.54) is 11.9 Å². The van der Waals surface area contributed by atoms with E-state index in [0.29, 0.717) is 18.0 Å². The number of amides is 1. The molecule has 6 heteroatoms. The summed E-state index contributed by atoms with van der Waals surface area (Å²) in [5.41, 5.74) is 2.77. The number of aromatic nitrogens is 2. The Balaban J connectivity index is 1.56. The minimum Gasteiger partial charge on any atom is -0.467 e. The molecule has 0 spiro atoms. The molecule has 0 fully saturated rings. The van der Waals surface area contributed by atoms with Crippen molar-refractivity contribution < 1.29 is 9.21 Å². The molecule has 1 amide bonds. The third-order valence-electron chi connectivity index (χ3n) is 4.34. The van der Waals surface area contributed by atoms with E-state index < -0.39 is 0 Å². The summed E-state index contributed by atoms with van der Waals surface area (Å²) >= 11 is 0. The molecule has 0 aliphatic carbocycles. The Morgan fingerprint density at radius 1 is 1.28 bits per heavy atom. The van der Waals surface area contributed by atoms with Crippen LogP contribution in [0.3, 0.4) is 0 Å². The number of hydrogen-bond acceptors (Lipinski definition) is 5. The molecule has 126 valence electrons. The smallest absolute Gasteiger partial charge is 0.270 e. The maximum Gasteiger partial charge on any atom is 0.270 e. The highest BCUT2D eigenvalue weighted by atomic mass is 16.3. The molecule has 0 radical (unpaired) electrons. The number of anilines is 2. The molecule has 3 aromatic rings. The van der Waals surface area contributed by atoms with Gasteiger partial charge in [-0.05, 0) is 37.1 Å². The average Bonchev–Trinajstić information content (AvgIpc) is 3.26. The van der Waals surface area contributed by atoms with Crippen LogP contribution in [0.1, 0.15) is 28.7 Å². The minimum atomic E-state index is -0.250. The first-order chi connectivity index (χ1) is 12.2. The fourth-order valence-electron chi connectivity index (χ4n) is 3.19. The van der Waals surface area contributed by atoms with Gasteiger partial charge in [-0.2, -0.15) is 0 Å². The summed E-state index contributed by atoms with van der Waals surface area (Å²) in [4.78, 5) is 23.0. The summed E-state index contributed by atoms with van der Waals surface area (Å²) in [7, 11) is 0. The van der Waals surface area contributed by atoms with Gasteiger partial charge >= 0.3 is 0 Å². The fourth-order valence-corrected chi connectivity index (χ4v) is 3.19. The maximum absolute atomic E-state index is 12.4. The lowest BCUT2D eigenvalue weighted by atomic mass is 10.1. The van der Waals surface area contributed by atoms with E-state index in [9.17, 15) is 4.79 Å².